The fraction of sp³-hybridized carbons (Fsp3) is 1.00. The third kappa shape index (κ3) is 2.51. The molecular weight excluding hydrogens is 368 g/mol. The van der Waals surface area contributed by atoms with Crippen LogP contribution in [0.5, 0.6) is 0 Å². The van der Waals surface area contributed by atoms with Crippen molar-refractivity contribution < 1.29 is 24.1 Å². The van der Waals surface area contributed by atoms with Gasteiger partial charge in [-0.1, -0.05) is 6.92 Å². The number of fused-ring (bicyclic) bond motifs is 6. The van der Waals surface area contributed by atoms with Crippen LogP contribution in [-0.4, -0.2) is 49.7 Å². The van der Waals surface area contributed by atoms with E-state index in [0.717, 1.165) is 70.4 Å². The minimum Gasteiger partial charge on any atom is -0.396 e. The van der Waals surface area contributed by atoms with Crippen LogP contribution in [0.25, 0.3) is 0 Å². The Morgan fingerprint density at radius 2 is 1.52 bits per heavy atom. The molecule has 164 valence electrons. The SMILES string of the molecule is C[C@]12CC[C@H]3[C@@H](CC[C@H]4CC5(CC[C@@]43CCO)OCCO5)[C@@H]1CCC21OCCO1. The minimum atomic E-state index is -0.317. The maximum absolute atomic E-state index is 10.1. The van der Waals surface area contributed by atoms with Gasteiger partial charge >= 0.3 is 0 Å². The van der Waals surface area contributed by atoms with Crippen LogP contribution in [0.3, 0.4) is 0 Å². The Morgan fingerprint density at radius 1 is 0.793 bits per heavy atom. The maximum atomic E-state index is 10.1. The molecule has 0 bridgehead atoms. The summed E-state index contributed by atoms with van der Waals surface area (Å²) in [5.74, 6) is 2.17. The molecule has 0 aromatic carbocycles. The maximum Gasteiger partial charge on any atom is 0.174 e. The van der Waals surface area contributed by atoms with Gasteiger partial charge in [-0.15, -0.1) is 0 Å². The number of ether oxygens (including phenoxy) is 4. The molecule has 29 heavy (non-hydrogen) atoms. The lowest BCUT2D eigenvalue weighted by molar-refractivity contribution is -0.261. The van der Waals surface area contributed by atoms with Crippen molar-refractivity contribution in [2.45, 2.75) is 82.7 Å². The molecule has 2 saturated heterocycles. The van der Waals surface area contributed by atoms with Crippen molar-refractivity contribution in [3.63, 3.8) is 0 Å². The van der Waals surface area contributed by atoms with Crippen molar-refractivity contribution in [3.8, 4) is 0 Å². The lowest BCUT2D eigenvalue weighted by Gasteiger charge is -2.63. The van der Waals surface area contributed by atoms with Crippen molar-refractivity contribution >= 4 is 0 Å². The zero-order valence-electron chi connectivity index (χ0n) is 18.0. The van der Waals surface area contributed by atoms with Gasteiger partial charge in [0.15, 0.2) is 11.6 Å². The molecule has 2 aliphatic heterocycles. The van der Waals surface area contributed by atoms with Crippen LogP contribution in [-0.2, 0) is 18.9 Å². The van der Waals surface area contributed by atoms with Gasteiger partial charge in [0, 0.05) is 31.3 Å². The molecule has 0 radical (unpaired) electrons. The van der Waals surface area contributed by atoms with Crippen molar-refractivity contribution in [2.75, 3.05) is 33.0 Å². The molecule has 6 rings (SSSR count). The van der Waals surface area contributed by atoms with Crippen LogP contribution < -0.4 is 0 Å². The molecular formula is C24H38O5. The van der Waals surface area contributed by atoms with E-state index in [0.29, 0.717) is 18.4 Å². The molecule has 0 aromatic rings. The van der Waals surface area contributed by atoms with Crippen LogP contribution in [0.15, 0.2) is 0 Å². The zero-order valence-corrected chi connectivity index (χ0v) is 18.0. The van der Waals surface area contributed by atoms with Gasteiger partial charge in [-0.2, -0.15) is 0 Å². The van der Waals surface area contributed by atoms with Gasteiger partial charge in [0.05, 0.1) is 26.4 Å². The fourth-order valence-electron chi connectivity index (χ4n) is 9.35. The molecule has 4 aliphatic carbocycles. The number of rotatable bonds is 2. The third-order valence-corrected chi connectivity index (χ3v) is 10.6. The second-order valence-corrected chi connectivity index (χ2v) is 11.1. The van der Waals surface area contributed by atoms with Gasteiger partial charge in [-0.25, -0.2) is 0 Å². The normalized spacial score (nSPS) is 49.9. The molecule has 6 aliphatic rings. The van der Waals surface area contributed by atoms with Crippen LogP contribution in [0.4, 0.5) is 0 Å². The Kier molecular flexibility index (Phi) is 4.47. The summed E-state index contributed by atoms with van der Waals surface area (Å²) in [5, 5.41) is 10.1. The first-order valence-electron chi connectivity index (χ1n) is 12.2. The molecule has 0 aromatic heterocycles. The summed E-state index contributed by atoms with van der Waals surface area (Å²) in [6.45, 7) is 5.78. The van der Waals surface area contributed by atoms with Gasteiger partial charge in [0.1, 0.15) is 0 Å². The molecule has 6 fully saturated rings. The number of hydrogen-bond acceptors (Lipinski definition) is 5. The first-order chi connectivity index (χ1) is 14.1. The summed E-state index contributed by atoms with van der Waals surface area (Å²) in [6.07, 6.45) is 11.5. The van der Waals surface area contributed by atoms with Crippen molar-refractivity contribution in [1.82, 2.24) is 0 Å². The summed E-state index contributed by atoms with van der Waals surface area (Å²) in [6, 6.07) is 0. The van der Waals surface area contributed by atoms with Gasteiger partial charge in [0.2, 0.25) is 0 Å². The Hall–Kier alpha value is -0.200. The molecule has 4 saturated carbocycles. The number of aliphatic hydroxyl groups is 1. The van der Waals surface area contributed by atoms with Gasteiger partial charge < -0.3 is 24.1 Å². The summed E-state index contributed by atoms with van der Waals surface area (Å²) >= 11 is 0. The highest BCUT2D eigenvalue weighted by molar-refractivity contribution is 5.14. The average molecular weight is 407 g/mol. The quantitative estimate of drug-likeness (QED) is 0.754. The second-order valence-electron chi connectivity index (χ2n) is 11.1. The van der Waals surface area contributed by atoms with E-state index in [-0.39, 0.29) is 22.4 Å². The second kappa shape index (κ2) is 6.65. The van der Waals surface area contributed by atoms with E-state index in [4.69, 9.17) is 18.9 Å². The molecule has 2 spiro atoms. The van der Waals surface area contributed by atoms with E-state index in [9.17, 15) is 5.11 Å². The first kappa shape index (κ1) is 19.5. The number of hydrogen-bond donors (Lipinski definition) is 1. The Balaban J connectivity index is 1.31. The predicted octanol–water partition coefficient (Wildman–Crippen LogP) is 3.88. The first-order valence-corrected chi connectivity index (χ1v) is 12.2. The van der Waals surface area contributed by atoms with Crippen LogP contribution in [0.1, 0.15) is 71.1 Å². The Morgan fingerprint density at radius 3 is 2.28 bits per heavy atom. The zero-order chi connectivity index (χ0) is 19.7. The van der Waals surface area contributed by atoms with E-state index in [2.05, 4.69) is 6.92 Å². The smallest absolute Gasteiger partial charge is 0.174 e. The lowest BCUT2D eigenvalue weighted by Crippen LogP contribution is -2.59. The van der Waals surface area contributed by atoms with E-state index in [1.807, 2.05) is 0 Å². The summed E-state index contributed by atoms with van der Waals surface area (Å²) < 4.78 is 24.8. The summed E-state index contributed by atoms with van der Waals surface area (Å²) in [5.41, 5.74) is 0.429. The van der Waals surface area contributed by atoms with Crippen LogP contribution in [0.2, 0.25) is 0 Å². The van der Waals surface area contributed by atoms with Gasteiger partial charge in [0.25, 0.3) is 0 Å². The van der Waals surface area contributed by atoms with E-state index in [1.54, 1.807) is 0 Å². The van der Waals surface area contributed by atoms with Gasteiger partial charge in [-0.3, -0.25) is 0 Å². The fourth-order valence-corrected chi connectivity index (χ4v) is 9.35. The van der Waals surface area contributed by atoms with Crippen molar-refractivity contribution in [1.29, 1.82) is 0 Å². The molecule has 2 heterocycles. The minimum absolute atomic E-state index is 0.158. The van der Waals surface area contributed by atoms with E-state index >= 15 is 0 Å². The van der Waals surface area contributed by atoms with Crippen LogP contribution in [0, 0.1) is 34.5 Å². The summed E-state index contributed by atoms with van der Waals surface area (Å²) in [4.78, 5) is 0. The number of aliphatic hydroxyl groups excluding tert-OH is 1. The molecule has 6 atom stereocenters. The monoisotopic (exact) mass is 406 g/mol. The molecule has 0 amide bonds. The highest BCUT2D eigenvalue weighted by Crippen LogP contribution is 2.71. The third-order valence-electron chi connectivity index (χ3n) is 10.6. The highest BCUT2D eigenvalue weighted by atomic mass is 16.7. The molecule has 5 nitrogen and oxygen atoms in total. The van der Waals surface area contributed by atoms with Gasteiger partial charge in [-0.05, 0) is 74.0 Å². The van der Waals surface area contributed by atoms with Crippen molar-refractivity contribution in [2.24, 2.45) is 34.5 Å². The predicted molar refractivity (Wildman–Crippen MR) is 107 cm³/mol. The molecule has 1 N–H and O–H groups in total. The standard InChI is InChI=1S/C24H38O5/c1-21-6-4-20-18(19(21)5-7-24(21)28-14-15-29-24)3-2-17-16-23(26-12-13-27-23)9-8-22(17,20)10-11-25/h17-20,25H,2-16H2,1H3/t17-,18-,19-,20-,21-,22+/m0/s1. The highest BCUT2D eigenvalue weighted by Gasteiger charge is 2.68. The van der Waals surface area contributed by atoms with E-state index in [1.165, 1.54) is 32.1 Å². The van der Waals surface area contributed by atoms with Crippen LogP contribution >= 0.6 is 0 Å². The molecule has 5 heteroatoms. The topological polar surface area (TPSA) is 57.2 Å². The Labute approximate surface area is 174 Å². The van der Waals surface area contributed by atoms with Crippen molar-refractivity contribution in [3.05, 3.63) is 0 Å². The molecule has 0 unspecified atom stereocenters. The van der Waals surface area contributed by atoms with E-state index < -0.39 is 0 Å². The lowest BCUT2D eigenvalue weighted by atomic mass is 9.43. The largest absolute Gasteiger partial charge is 0.396 e. The Bertz CT molecular complexity index is 639. The average Bonchev–Trinajstić information content (AvgIpc) is 3.44. The summed E-state index contributed by atoms with van der Waals surface area (Å²) in [7, 11) is 0.